The zero-order valence-corrected chi connectivity index (χ0v) is 22.6. The number of nitrogens with two attached hydrogens (primary N) is 2. The summed E-state index contributed by atoms with van der Waals surface area (Å²) in [6.45, 7) is 1.38. The van der Waals surface area contributed by atoms with Crippen LogP contribution >= 0.6 is 11.3 Å². The Morgan fingerprint density at radius 1 is 1.32 bits per heavy atom. The van der Waals surface area contributed by atoms with Crippen LogP contribution in [0.3, 0.4) is 0 Å². The molecule has 4 rings (SSSR count). The molecule has 0 spiro atoms. The van der Waals surface area contributed by atoms with Crippen LogP contribution in [0.2, 0.25) is 0 Å². The normalized spacial score (nSPS) is 20.2. The number of thiazole rings is 1. The Kier molecular flexibility index (Phi) is 8.63. The molecule has 0 radical (unpaired) electrons. The Bertz CT molecular complexity index is 1400. The molecule has 1 saturated heterocycles. The molecular weight excluding hydrogens is 572 g/mol. The summed E-state index contributed by atoms with van der Waals surface area (Å²) in [7, 11) is -4.98. The van der Waals surface area contributed by atoms with E-state index < -0.39 is 51.5 Å². The highest BCUT2D eigenvalue weighted by molar-refractivity contribution is 7.84. The van der Waals surface area contributed by atoms with Gasteiger partial charge >= 0.3 is 16.3 Å². The smallest absolute Gasteiger partial charge is 0.362 e. The van der Waals surface area contributed by atoms with Gasteiger partial charge in [-0.25, -0.2) is 14.1 Å². The molecule has 40 heavy (non-hydrogen) atoms. The average molecular weight is 601 g/mol. The molecule has 0 bridgehead atoms. The Morgan fingerprint density at radius 3 is 2.67 bits per heavy atom. The predicted octanol–water partition coefficient (Wildman–Crippen LogP) is -2.32. The van der Waals surface area contributed by atoms with Gasteiger partial charge in [0.1, 0.15) is 17.8 Å². The number of hydrogen-bond donors (Lipinski definition) is 6. The maximum Gasteiger partial charge on any atom is 0.362 e. The van der Waals surface area contributed by atoms with Crippen LogP contribution < -0.4 is 22.1 Å². The minimum atomic E-state index is -4.98. The van der Waals surface area contributed by atoms with Crippen LogP contribution in [0, 0.1) is 0 Å². The largest absolute Gasteiger partial charge is 0.478 e. The van der Waals surface area contributed by atoms with Gasteiger partial charge in [0.15, 0.2) is 10.8 Å². The van der Waals surface area contributed by atoms with E-state index in [9.17, 15) is 32.5 Å². The predicted molar refractivity (Wildman–Crippen MR) is 138 cm³/mol. The number of β-lactam (4-membered cyclic amide) rings is 1. The first-order valence-electron chi connectivity index (χ1n) is 12.1. The Labute approximate surface area is 231 Å². The van der Waals surface area contributed by atoms with Crippen LogP contribution in [0.1, 0.15) is 37.1 Å². The molecule has 8 N–H and O–H groups in total. The summed E-state index contributed by atoms with van der Waals surface area (Å²) >= 11 is 0.978. The molecule has 2 fully saturated rings. The van der Waals surface area contributed by atoms with E-state index in [0.717, 1.165) is 29.0 Å². The lowest BCUT2D eigenvalue weighted by Crippen LogP contribution is -2.73. The van der Waals surface area contributed by atoms with Gasteiger partial charge in [0.05, 0.1) is 18.4 Å². The molecule has 2 amide bonds. The van der Waals surface area contributed by atoms with E-state index in [4.69, 9.17) is 16.3 Å². The topological polar surface area (TPSA) is 270 Å². The van der Waals surface area contributed by atoms with Gasteiger partial charge in [0.25, 0.3) is 11.8 Å². The van der Waals surface area contributed by atoms with Crippen LogP contribution in [0.15, 0.2) is 16.7 Å². The summed E-state index contributed by atoms with van der Waals surface area (Å²) in [5, 5.41) is 28.3. The van der Waals surface area contributed by atoms with Crippen LogP contribution in [0.25, 0.3) is 0 Å². The SMILES string of the molecule is NCCCCNCc1cnn(C[C@@H]2[C@H](NC(=O)C(=NOC3(C(=O)O)CC3)c3csc(N)n3)C(=O)N2S(=O)(=O)O)n1. The maximum absolute atomic E-state index is 13.2. The third kappa shape index (κ3) is 6.53. The monoisotopic (exact) mass is 600 g/mol. The van der Waals surface area contributed by atoms with Crippen molar-refractivity contribution in [3.63, 3.8) is 0 Å². The second-order valence-electron chi connectivity index (χ2n) is 9.10. The third-order valence-corrected chi connectivity index (χ3v) is 7.76. The Hall–Kier alpha value is -3.72. The molecule has 20 heteroatoms. The minimum absolute atomic E-state index is 0.0477. The van der Waals surface area contributed by atoms with Crippen molar-refractivity contribution in [1.82, 2.24) is 34.9 Å². The Morgan fingerprint density at radius 2 is 2.08 bits per heavy atom. The molecule has 18 nitrogen and oxygen atoms in total. The van der Waals surface area contributed by atoms with E-state index in [1.807, 2.05) is 0 Å². The molecule has 0 unspecified atom stereocenters. The zero-order valence-electron chi connectivity index (χ0n) is 21.0. The van der Waals surface area contributed by atoms with Crippen LogP contribution in [-0.4, -0.2) is 96.6 Å². The molecule has 2 atom stereocenters. The average Bonchev–Trinajstić information content (AvgIpc) is 3.36. The second-order valence-corrected chi connectivity index (χ2v) is 11.3. The summed E-state index contributed by atoms with van der Waals surface area (Å²) < 4.78 is 33.6. The van der Waals surface area contributed by atoms with Gasteiger partial charge in [-0.1, -0.05) is 5.16 Å². The number of anilines is 1. The first-order chi connectivity index (χ1) is 18.9. The van der Waals surface area contributed by atoms with E-state index >= 15 is 0 Å². The number of amides is 2. The summed E-state index contributed by atoms with van der Waals surface area (Å²) in [5.74, 6) is -3.39. The van der Waals surface area contributed by atoms with Crippen molar-refractivity contribution >= 4 is 50.3 Å². The van der Waals surface area contributed by atoms with Gasteiger partial charge in [-0.2, -0.15) is 23.4 Å². The molecule has 3 heterocycles. The number of aliphatic carboxylic acids is 1. The van der Waals surface area contributed by atoms with Gasteiger partial charge < -0.3 is 32.0 Å². The van der Waals surface area contributed by atoms with Crippen LogP contribution in [-0.2, 0) is 42.6 Å². The number of hydrogen-bond acceptors (Lipinski definition) is 14. The molecule has 1 saturated carbocycles. The fourth-order valence-corrected chi connectivity index (χ4v) is 5.24. The van der Waals surface area contributed by atoms with Gasteiger partial charge in [-0.05, 0) is 25.9 Å². The highest BCUT2D eigenvalue weighted by Crippen LogP contribution is 2.40. The standard InChI is InChI=1S/C20H28N10O8S2/c21-5-1-2-6-23-7-11-8-24-29(27-11)9-13-15(17(32)30(13)40(35,36)37)26-16(31)14(12-10-39-19(22)25-12)28-38-20(3-4-20)18(33)34/h8,10,13,15,23H,1-7,9,21H2,(H2,22,25)(H,26,31)(H,33,34)(H,35,36,37)/t13-,15+/m1/s1. The first-order valence-corrected chi connectivity index (χ1v) is 14.3. The van der Waals surface area contributed by atoms with Crippen molar-refractivity contribution in [2.24, 2.45) is 10.9 Å². The van der Waals surface area contributed by atoms with Gasteiger partial charge in [0.2, 0.25) is 5.60 Å². The summed E-state index contributed by atoms with van der Waals surface area (Å²) in [4.78, 5) is 47.5. The quantitative estimate of drug-likeness (QED) is 0.0412. The molecule has 0 aromatic carbocycles. The zero-order chi connectivity index (χ0) is 29.1. The fraction of sp³-hybridized carbons (Fsp3) is 0.550. The summed E-state index contributed by atoms with van der Waals surface area (Å²) in [5.41, 5.74) is 9.56. The number of nitrogen functional groups attached to an aromatic ring is 1. The molecule has 218 valence electrons. The molecule has 2 aromatic rings. The van der Waals surface area contributed by atoms with E-state index in [-0.39, 0.29) is 34.5 Å². The third-order valence-electron chi connectivity index (χ3n) is 6.14. The van der Waals surface area contributed by atoms with Gasteiger partial charge in [-0.15, -0.1) is 11.3 Å². The van der Waals surface area contributed by atoms with Gasteiger partial charge in [-0.3, -0.25) is 14.1 Å². The molecule has 1 aliphatic carbocycles. The number of carbonyl (C=O) groups excluding carboxylic acids is 2. The number of carboxylic acids is 1. The van der Waals surface area contributed by atoms with Crippen LogP contribution in [0.4, 0.5) is 5.13 Å². The molecular formula is C20H28N10O8S2. The van der Waals surface area contributed by atoms with Crippen molar-refractivity contribution in [2.75, 3.05) is 18.8 Å². The van der Waals surface area contributed by atoms with Crippen molar-refractivity contribution in [3.05, 3.63) is 23.0 Å². The lowest BCUT2D eigenvalue weighted by molar-refractivity contribution is -0.153. The number of nitrogens with one attached hydrogen (secondary N) is 2. The number of carboxylic acid groups (broad SMARTS) is 1. The Balaban J connectivity index is 1.49. The fourth-order valence-electron chi connectivity index (χ4n) is 3.82. The number of aromatic nitrogens is 4. The van der Waals surface area contributed by atoms with E-state index in [2.05, 4.69) is 31.0 Å². The van der Waals surface area contributed by atoms with Crippen LogP contribution in [0.5, 0.6) is 0 Å². The molecule has 2 aliphatic rings. The van der Waals surface area contributed by atoms with Gasteiger partial charge in [0, 0.05) is 24.8 Å². The number of oxime groups is 1. The summed E-state index contributed by atoms with van der Waals surface area (Å²) in [6.07, 6.45) is 3.54. The number of unbranched alkanes of at least 4 members (excludes halogenated alkanes) is 1. The number of nitrogens with zero attached hydrogens (tertiary/aromatic N) is 6. The molecule has 2 aromatic heterocycles. The lowest BCUT2D eigenvalue weighted by Gasteiger charge is -2.43. The number of rotatable bonds is 15. The summed E-state index contributed by atoms with van der Waals surface area (Å²) in [6, 6.07) is -2.73. The minimum Gasteiger partial charge on any atom is -0.478 e. The highest BCUT2D eigenvalue weighted by Gasteiger charge is 2.56. The van der Waals surface area contributed by atoms with Crippen molar-refractivity contribution in [1.29, 1.82) is 0 Å². The number of carbonyl (C=O) groups is 3. The van der Waals surface area contributed by atoms with Crippen molar-refractivity contribution in [2.45, 2.75) is 56.5 Å². The first kappa shape index (κ1) is 29.3. The highest BCUT2D eigenvalue weighted by atomic mass is 32.2. The van der Waals surface area contributed by atoms with Crippen molar-refractivity contribution in [3.8, 4) is 0 Å². The maximum atomic E-state index is 13.2. The second kappa shape index (κ2) is 11.8. The van der Waals surface area contributed by atoms with Crippen molar-refractivity contribution < 1.29 is 37.3 Å². The van der Waals surface area contributed by atoms with E-state index in [0.29, 0.717) is 25.3 Å². The van der Waals surface area contributed by atoms with E-state index in [1.54, 1.807) is 0 Å². The molecule has 1 aliphatic heterocycles. The van der Waals surface area contributed by atoms with E-state index in [1.165, 1.54) is 11.6 Å². The lowest BCUT2D eigenvalue weighted by atomic mass is 9.98.